The topological polar surface area (TPSA) is 117 Å². The van der Waals surface area contributed by atoms with Crippen LogP contribution in [0.1, 0.15) is 39.3 Å². The maximum absolute atomic E-state index is 11.9. The van der Waals surface area contributed by atoms with Crippen LogP contribution in [0.3, 0.4) is 0 Å². The first kappa shape index (κ1) is 15.6. The molecular weight excluding hydrogens is 294 g/mol. The Balaban J connectivity index is 2.35. The van der Waals surface area contributed by atoms with Crippen LogP contribution in [0.5, 0.6) is 0 Å². The maximum Gasteiger partial charge on any atom is 0.343 e. The molecule has 1 heterocycles. The number of thiophene rings is 1. The van der Waals surface area contributed by atoms with E-state index in [0.29, 0.717) is 5.00 Å². The monoisotopic (exact) mass is 313 g/mol. The number of hydrogen-bond acceptors (Lipinski definition) is 7. The Morgan fingerprint density at radius 2 is 2.05 bits per heavy atom. The molecule has 2 rings (SSSR count). The van der Waals surface area contributed by atoms with Gasteiger partial charge in [-0.2, -0.15) is 0 Å². The average Bonchev–Trinajstić information content (AvgIpc) is 3.03. The number of carbonyl (C=O) groups is 2. The van der Waals surface area contributed by atoms with Crippen LogP contribution in [0.15, 0.2) is 0 Å². The SMILES string of the molecule is COC(=O)c1c(NC2CCCC2OC)sc(C(N)=O)c1N. The molecule has 0 spiro atoms. The normalized spacial score (nSPS) is 21.2. The number of amides is 1. The van der Waals surface area contributed by atoms with Gasteiger partial charge in [0.15, 0.2) is 0 Å². The number of nitrogen functional groups attached to an aromatic ring is 1. The summed E-state index contributed by atoms with van der Waals surface area (Å²) in [6, 6.07) is 0.0668. The highest BCUT2D eigenvalue weighted by atomic mass is 32.1. The fourth-order valence-corrected chi connectivity index (χ4v) is 3.60. The number of anilines is 2. The van der Waals surface area contributed by atoms with Crippen LogP contribution in [0.25, 0.3) is 0 Å². The lowest BCUT2D eigenvalue weighted by molar-refractivity contribution is 0.0603. The molecular formula is C13H19N3O4S. The Hall–Kier alpha value is -1.80. The zero-order valence-electron chi connectivity index (χ0n) is 12.0. The summed E-state index contributed by atoms with van der Waals surface area (Å²) >= 11 is 1.07. The number of primary amides is 1. The second kappa shape index (κ2) is 6.31. The molecule has 1 aromatic heterocycles. The highest BCUT2D eigenvalue weighted by Gasteiger charge is 2.31. The average molecular weight is 313 g/mol. The summed E-state index contributed by atoms with van der Waals surface area (Å²) in [5.74, 6) is -1.25. The molecule has 0 saturated heterocycles. The zero-order valence-corrected chi connectivity index (χ0v) is 12.8. The fourth-order valence-electron chi connectivity index (χ4n) is 2.57. The Bertz CT molecular complexity index is 558. The van der Waals surface area contributed by atoms with Crippen molar-refractivity contribution < 1.29 is 19.1 Å². The van der Waals surface area contributed by atoms with E-state index in [0.717, 1.165) is 30.6 Å². The molecule has 0 aliphatic heterocycles. The maximum atomic E-state index is 11.9. The molecule has 5 N–H and O–H groups in total. The Kier molecular flexibility index (Phi) is 4.69. The number of methoxy groups -OCH3 is 2. The summed E-state index contributed by atoms with van der Waals surface area (Å²) in [5, 5.41) is 3.75. The van der Waals surface area contributed by atoms with Crippen LogP contribution in [-0.4, -0.2) is 38.2 Å². The molecule has 0 radical (unpaired) electrons. The van der Waals surface area contributed by atoms with Crippen LogP contribution in [-0.2, 0) is 9.47 Å². The van der Waals surface area contributed by atoms with Crippen LogP contribution >= 0.6 is 11.3 Å². The van der Waals surface area contributed by atoms with E-state index in [1.807, 2.05) is 0 Å². The van der Waals surface area contributed by atoms with Gasteiger partial charge in [-0.1, -0.05) is 0 Å². The first-order valence-corrected chi connectivity index (χ1v) is 7.41. The van der Waals surface area contributed by atoms with Crippen molar-refractivity contribution in [2.45, 2.75) is 31.4 Å². The molecule has 21 heavy (non-hydrogen) atoms. The molecule has 1 amide bonds. The van der Waals surface area contributed by atoms with Crippen molar-refractivity contribution in [2.24, 2.45) is 5.73 Å². The number of ether oxygens (including phenoxy) is 2. The van der Waals surface area contributed by atoms with Gasteiger partial charge in [-0.05, 0) is 19.3 Å². The molecule has 0 bridgehead atoms. The molecule has 8 heteroatoms. The van der Waals surface area contributed by atoms with Gasteiger partial charge in [0.1, 0.15) is 15.4 Å². The first-order valence-electron chi connectivity index (χ1n) is 6.59. The predicted molar refractivity (Wildman–Crippen MR) is 80.6 cm³/mol. The van der Waals surface area contributed by atoms with Crippen LogP contribution in [0, 0.1) is 0 Å². The van der Waals surface area contributed by atoms with Crippen molar-refractivity contribution in [1.29, 1.82) is 0 Å². The Morgan fingerprint density at radius 3 is 2.62 bits per heavy atom. The molecule has 1 aliphatic carbocycles. The minimum absolute atomic E-state index is 0.0637. The zero-order chi connectivity index (χ0) is 15.6. The minimum Gasteiger partial charge on any atom is -0.465 e. The summed E-state index contributed by atoms with van der Waals surface area (Å²) in [6.07, 6.45) is 2.97. The van der Waals surface area contributed by atoms with Crippen molar-refractivity contribution in [3.63, 3.8) is 0 Å². The molecule has 1 saturated carbocycles. The molecule has 116 valence electrons. The number of esters is 1. The van der Waals surface area contributed by atoms with Crippen molar-refractivity contribution in [2.75, 3.05) is 25.3 Å². The Labute approximate surface area is 126 Å². The summed E-state index contributed by atoms with van der Waals surface area (Å²) in [7, 11) is 2.92. The third-order valence-corrected chi connectivity index (χ3v) is 4.78. The van der Waals surface area contributed by atoms with Crippen molar-refractivity contribution >= 4 is 33.9 Å². The highest BCUT2D eigenvalue weighted by molar-refractivity contribution is 7.19. The van der Waals surface area contributed by atoms with E-state index in [1.165, 1.54) is 7.11 Å². The van der Waals surface area contributed by atoms with Crippen molar-refractivity contribution in [1.82, 2.24) is 0 Å². The number of carbonyl (C=O) groups excluding carboxylic acids is 2. The van der Waals surface area contributed by atoms with E-state index in [1.54, 1.807) is 7.11 Å². The summed E-state index contributed by atoms with van der Waals surface area (Å²) in [6.45, 7) is 0. The number of nitrogens with one attached hydrogen (secondary N) is 1. The van der Waals surface area contributed by atoms with Crippen molar-refractivity contribution in [3.05, 3.63) is 10.4 Å². The second-order valence-corrected chi connectivity index (χ2v) is 5.88. The van der Waals surface area contributed by atoms with Gasteiger partial charge in [0.05, 0.1) is 24.9 Å². The van der Waals surface area contributed by atoms with E-state index in [4.69, 9.17) is 20.9 Å². The Morgan fingerprint density at radius 1 is 1.33 bits per heavy atom. The van der Waals surface area contributed by atoms with Gasteiger partial charge >= 0.3 is 5.97 Å². The van der Waals surface area contributed by atoms with E-state index in [2.05, 4.69) is 5.32 Å². The van der Waals surface area contributed by atoms with Crippen LogP contribution in [0.4, 0.5) is 10.7 Å². The van der Waals surface area contributed by atoms with Gasteiger partial charge in [-0.25, -0.2) is 4.79 Å². The minimum atomic E-state index is -0.662. The lowest BCUT2D eigenvalue weighted by Crippen LogP contribution is -2.30. The predicted octanol–water partition coefficient (Wildman–Crippen LogP) is 1.20. The van der Waals surface area contributed by atoms with Gasteiger partial charge in [-0.15, -0.1) is 11.3 Å². The third kappa shape index (κ3) is 2.96. The molecule has 1 fully saturated rings. The summed E-state index contributed by atoms with van der Waals surface area (Å²) in [5.41, 5.74) is 11.4. The quantitative estimate of drug-likeness (QED) is 0.703. The molecule has 1 aromatic rings. The molecule has 7 nitrogen and oxygen atoms in total. The van der Waals surface area contributed by atoms with E-state index in [9.17, 15) is 9.59 Å². The smallest absolute Gasteiger partial charge is 0.343 e. The summed E-state index contributed by atoms with van der Waals surface area (Å²) in [4.78, 5) is 23.5. The molecule has 1 aliphatic rings. The van der Waals surface area contributed by atoms with Crippen LogP contribution in [0.2, 0.25) is 0 Å². The first-order chi connectivity index (χ1) is 9.99. The largest absolute Gasteiger partial charge is 0.465 e. The molecule has 0 aromatic carbocycles. The highest BCUT2D eigenvalue weighted by Crippen LogP contribution is 2.38. The lowest BCUT2D eigenvalue weighted by atomic mass is 10.2. The van der Waals surface area contributed by atoms with Crippen LogP contribution < -0.4 is 16.8 Å². The van der Waals surface area contributed by atoms with Gasteiger partial charge in [0.25, 0.3) is 5.91 Å². The van der Waals surface area contributed by atoms with Crippen molar-refractivity contribution in [3.8, 4) is 0 Å². The standard InChI is InChI=1S/C13H19N3O4S/c1-19-7-5-3-4-6(7)16-12-8(13(18)20-2)9(14)10(21-12)11(15)17/h6-7,16H,3-5,14H2,1-2H3,(H2,15,17). The number of nitrogens with two attached hydrogens (primary N) is 2. The van der Waals surface area contributed by atoms with Gasteiger partial charge in [0.2, 0.25) is 0 Å². The lowest BCUT2D eigenvalue weighted by Gasteiger charge is -2.20. The van der Waals surface area contributed by atoms with E-state index in [-0.39, 0.29) is 28.3 Å². The summed E-state index contributed by atoms with van der Waals surface area (Å²) < 4.78 is 10.1. The van der Waals surface area contributed by atoms with Gasteiger partial charge < -0.3 is 26.3 Å². The van der Waals surface area contributed by atoms with Gasteiger partial charge in [0, 0.05) is 7.11 Å². The second-order valence-electron chi connectivity index (χ2n) is 4.86. The fraction of sp³-hybridized carbons (Fsp3) is 0.538. The number of rotatable bonds is 5. The van der Waals surface area contributed by atoms with E-state index < -0.39 is 11.9 Å². The van der Waals surface area contributed by atoms with E-state index >= 15 is 0 Å². The number of hydrogen-bond donors (Lipinski definition) is 3. The molecule has 2 unspecified atom stereocenters. The molecule has 2 atom stereocenters. The third-order valence-electron chi connectivity index (χ3n) is 3.63. The van der Waals surface area contributed by atoms with Gasteiger partial charge in [-0.3, -0.25) is 4.79 Å².